The van der Waals surface area contributed by atoms with Gasteiger partial charge in [-0.25, -0.2) is 9.07 Å². The predicted molar refractivity (Wildman–Crippen MR) is 106 cm³/mol. The van der Waals surface area contributed by atoms with Crippen LogP contribution in [0.25, 0.3) is 6.08 Å². The third kappa shape index (κ3) is 4.79. The van der Waals surface area contributed by atoms with Gasteiger partial charge >= 0.3 is 0 Å². The fraction of sp³-hybridized carbons (Fsp3) is 0.381. The standard InChI is InChI=1S/C21H22ClFN4O/c1-14-19(11-16(12-24)21(28)25-18-5-3-2-4-6-18)20(22)27(26-14)13-15-7-9-17(23)10-8-15/h7-11,18H,2-6,13H2,1H3,(H,25,28)/b16-11+. The highest BCUT2D eigenvalue weighted by Gasteiger charge is 2.20. The number of hydrogen-bond donors (Lipinski definition) is 1. The molecule has 0 radical (unpaired) electrons. The SMILES string of the molecule is Cc1nn(Cc2ccc(F)cc2)c(Cl)c1/C=C(\C#N)C(=O)NC1CCCCC1. The van der Waals surface area contributed by atoms with Crippen LogP contribution in [-0.4, -0.2) is 21.7 Å². The largest absolute Gasteiger partial charge is 0.349 e. The summed E-state index contributed by atoms with van der Waals surface area (Å²) in [4.78, 5) is 12.5. The number of hydrogen-bond acceptors (Lipinski definition) is 3. The lowest BCUT2D eigenvalue weighted by atomic mass is 9.95. The third-order valence-electron chi connectivity index (χ3n) is 4.95. The molecule has 0 aliphatic heterocycles. The van der Waals surface area contributed by atoms with Crippen LogP contribution in [0.5, 0.6) is 0 Å². The summed E-state index contributed by atoms with van der Waals surface area (Å²) in [6, 6.07) is 8.18. The topological polar surface area (TPSA) is 70.7 Å². The lowest BCUT2D eigenvalue weighted by Crippen LogP contribution is -2.36. The van der Waals surface area contributed by atoms with Gasteiger partial charge in [-0.1, -0.05) is 43.0 Å². The Bertz CT molecular complexity index is 921. The number of carbonyl (C=O) groups excluding carboxylic acids is 1. The van der Waals surface area contributed by atoms with E-state index in [1.807, 2.05) is 6.07 Å². The van der Waals surface area contributed by atoms with Gasteiger partial charge < -0.3 is 5.32 Å². The molecule has 146 valence electrons. The Kier molecular flexibility index (Phi) is 6.48. The molecule has 0 bridgehead atoms. The molecule has 7 heteroatoms. The number of halogens is 2. The minimum absolute atomic E-state index is 0.0110. The molecular formula is C21H22ClFN4O. The smallest absolute Gasteiger partial charge is 0.262 e. The van der Waals surface area contributed by atoms with E-state index in [0.717, 1.165) is 31.2 Å². The van der Waals surface area contributed by atoms with Crippen LogP contribution in [-0.2, 0) is 11.3 Å². The number of nitrogens with zero attached hydrogens (tertiary/aromatic N) is 3. The summed E-state index contributed by atoms with van der Waals surface area (Å²) < 4.78 is 14.6. The number of amides is 1. The van der Waals surface area contributed by atoms with Gasteiger partial charge in [0.2, 0.25) is 0 Å². The van der Waals surface area contributed by atoms with Crippen molar-refractivity contribution in [2.24, 2.45) is 0 Å². The molecule has 28 heavy (non-hydrogen) atoms. The summed E-state index contributed by atoms with van der Waals surface area (Å²) in [7, 11) is 0. The van der Waals surface area contributed by atoms with Crippen molar-refractivity contribution in [3.63, 3.8) is 0 Å². The van der Waals surface area contributed by atoms with Gasteiger partial charge in [-0.05, 0) is 43.5 Å². The second kappa shape index (κ2) is 9.03. The van der Waals surface area contributed by atoms with Gasteiger partial charge in [0.1, 0.15) is 22.6 Å². The molecule has 1 aliphatic rings. The summed E-state index contributed by atoms with van der Waals surface area (Å²) in [5.41, 5.74) is 2.01. The normalized spacial score (nSPS) is 15.3. The van der Waals surface area contributed by atoms with E-state index in [0.29, 0.717) is 23.0 Å². The lowest BCUT2D eigenvalue weighted by Gasteiger charge is -2.22. The molecule has 0 saturated heterocycles. The van der Waals surface area contributed by atoms with E-state index in [2.05, 4.69) is 10.4 Å². The zero-order valence-electron chi connectivity index (χ0n) is 15.7. The number of nitrogens with one attached hydrogen (secondary N) is 1. The molecule has 0 spiro atoms. The molecule has 2 aromatic rings. The molecule has 3 rings (SSSR count). The van der Waals surface area contributed by atoms with Crippen LogP contribution in [0.3, 0.4) is 0 Å². The molecule has 1 aliphatic carbocycles. The van der Waals surface area contributed by atoms with Crippen LogP contribution < -0.4 is 5.32 Å². The van der Waals surface area contributed by atoms with Crippen molar-refractivity contribution >= 4 is 23.6 Å². The summed E-state index contributed by atoms with van der Waals surface area (Å²) in [5, 5.41) is 17.1. The summed E-state index contributed by atoms with van der Waals surface area (Å²) in [5.74, 6) is -0.686. The van der Waals surface area contributed by atoms with E-state index in [9.17, 15) is 14.4 Å². The average Bonchev–Trinajstić information content (AvgIpc) is 2.95. The zero-order valence-corrected chi connectivity index (χ0v) is 16.5. The minimum Gasteiger partial charge on any atom is -0.349 e. The van der Waals surface area contributed by atoms with Crippen LogP contribution in [0, 0.1) is 24.1 Å². The summed E-state index contributed by atoms with van der Waals surface area (Å²) in [6.45, 7) is 2.14. The van der Waals surface area contributed by atoms with E-state index in [4.69, 9.17) is 11.6 Å². The molecule has 5 nitrogen and oxygen atoms in total. The number of nitriles is 1. The molecule has 1 amide bonds. The molecule has 0 unspecified atom stereocenters. The first kappa shape index (κ1) is 20.1. The first-order valence-electron chi connectivity index (χ1n) is 9.38. The zero-order chi connectivity index (χ0) is 20.1. The number of aromatic nitrogens is 2. The molecule has 1 saturated carbocycles. The van der Waals surface area contributed by atoms with E-state index >= 15 is 0 Å². The van der Waals surface area contributed by atoms with Gasteiger partial charge in [0.25, 0.3) is 5.91 Å². The molecule has 1 fully saturated rings. The summed E-state index contributed by atoms with van der Waals surface area (Å²) >= 11 is 6.45. The molecule has 1 aromatic heterocycles. The second-order valence-electron chi connectivity index (χ2n) is 7.05. The molecule has 0 atom stereocenters. The van der Waals surface area contributed by atoms with Gasteiger partial charge in [-0.3, -0.25) is 4.79 Å². The Morgan fingerprint density at radius 2 is 2.04 bits per heavy atom. The third-order valence-corrected chi connectivity index (χ3v) is 5.35. The van der Waals surface area contributed by atoms with E-state index < -0.39 is 0 Å². The van der Waals surface area contributed by atoms with Crippen LogP contribution in [0.1, 0.15) is 48.9 Å². The Labute approximate surface area is 168 Å². The van der Waals surface area contributed by atoms with Crippen LogP contribution >= 0.6 is 11.6 Å². The monoisotopic (exact) mass is 400 g/mol. The lowest BCUT2D eigenvalue weighted by molar-refractivity contribution is -0.117. The van der Waals surface area contributed by atoms with E-state index in [1.54, 1.807) is 23.7 Å². The highest BCUT2D eigenvalue weighted by atomic mass is 35.5. The minimum atomic E-state index is -0.379. The van der Waals surface area contributed by atoms with Gasteiger partial charge in [0.15, 0.2) is 0 Å². The fourth-order valence-electron chi connectivity index (χ4n) is 3.40. The molecule has 1 heterocycles. The Hall–Kier alpha value is -2.65. The van der Waals surface area contributed by atoms with E-state index in [1.165, 1.54) is 24.6 Å². The first-order valence-corrected chi connectivity index (χ1v) is 9.75. The van der Waals surface area contributed by atoms with Gasteiger partial charge in [-0.2, -0.15) is 10.4 Å². The van der Waals surface area contributed by atoms with Gasteiger partial charge in [0.05, 0.1) is 12.2 Å². The Morgan fingerprint density at radius 1 is 1.36 bits per heavy atom. The molecule has 1 N–H and O–H groups in total. The van der Waals surface area contributed by atoms with Crippen molar-refractivity contribution in [2.75, 3.05) is 0 Å². The maximum absolute atomic E-state index is 13.1. The van der Waals surface area contributed by atoms with Crippen LogP contribution in [0.15, 0.2) is 29.8 Å². The van der Waals surface area contributed by atoms with E-state index in [-0.39, 0.29) is 23.3 Å². The number of rotatable bonds is 5. The van der Waals surface area contributed by atoms with Gasteiger partial charge in [-0.15, -0.1) is 0 Å². The van der Waals surface area contributed by atoms with Crippen molar-refractivity contribution < 1.29 is 9.18 Å². The number of benzene rings is 1. The molecular weight excluding hydrogens is 379 g/mol. The highest BCUT2D eigenvalue weighted by Crippen LogP contribution is 2.24. The van der Waals surface area contributed by atoms with Crippen molar-refractivity contribution in [1.29, 1.82) is 5.26 Å². The Balaban J connectivity index is 1.79. The van der Waals surface area contributed by atoms with Crippen molar-refractivity contribution in [2.45, 2.75) is 51.6 Å². The first-order chi connectivity index (χ1) is 13.5. The maximum atomic E-state index is 13.1. The predicted octanol–water partition coefficient (Wildman–Crippen LogP) is 4.39. The van der Waals surface area contributed by atoms with Crippen molar-refractivity contribution in [3.05, 3.63) is 57.6 Å². The van der Waals surface area contributed by atoms with Gasteiger partial charge in [0, 0.05) is 11.6 Å². The quantitative estimate of drug-likeness (QED) is 0.597. The van der Waals surface area contributed by atoms with Crippen molar-refractivity contribution in [3.8, 4) is 6.07 Å². The average molecular weight is 401 g/mol. The van der Waals surface area contributed by atoms with Crippen LogP contribution in [0.4, 0.5) is 4.39 Å². The highest BCUT2D eigenvalue weighted by molar-refractivity contribution is 6.31. The molecule has 1 aromatic carbocycles. The number of aryl methyl sites for hydroxylation is 1. The maximum Gasteiger partial charge on any atom is 0.262 e. The number of carbonyl (C=O) groups is 1. The second-order valence-corrected chi connectivity index (χ2v) is 7.41. The van der Waals surface area contributed by atoms with Crippen molar-refractivity contribution in [1.82, 2.24) is 15.1 Å². The summed E-state index contributed by atoms with van der Waals surface area (Å²) in [6.07, 6.45) is 6.76. The fourth-order valence-corrected chi connectivity index (χ4v) is 3.69. The Morgan fingerprint density at radius 3 is 2.68 bits per heavy atom. The van der Waals surface area contributed by atoms with Crippen LogP contribution in [0.2, 0.25) is 5.15 Å².